The highest BCUT2D eigenvalue weighted by Crippen LogP contribution is 2.32. The predicted molar refractivity (Wildman–Crippen MR) is 76.5 cm³/mol. The molecule has 19 heavy (non-hydrogen) atoms. The molecule has 0 atom stereocenters. The van der Waals surface area contributed by atoms with Gasteiger partial charge in [-0.05, 0) is 17.5 Å². The maximum atomic E-state index is 4.98. The molecular weight excluding hydrogens is 282 g/mol. The standard InChI is InChI=1S/C11H17N5OS2/c1-7(2)9-10(19-16-14-9)11-15-13-8(18-11)6-12-4-5-17-3/h7,12H,4-6H2,1-3H3. The number of hydrogen-bond donors (Lipinski definition) is 1. The van der Waals surface area contributed by atoms with Crippen LogP contribution < -0.4 is 5.32 Å². The van der Waals surface area contributed by atoms with E-state index in [4.69, 9.17) is 4.74 Å². The maximum Gasteiger partial charge on any atom is 0.161 e. The smallest absolute Gasteiger partial charge is 0.161 e. The van der Waals surface area contributed by atoms with Gasteiger partial charge in [-0.2, -0.15) is 0 Å². The van der Waals surface area contributed by atoms with Crippen molar-refractivity contribution in [1.82, 2.24) is 25.1 Å². The van der Waals surface area contributed by atoms with Crippen molar-refractivity contribution in [3.05, 3.63) is 10.7 Å². The Labute approximate surface area is 120 Å². The maximum absolute atomic E-state index is 4.98. The predicted octanol–water partition coefficient (Wildman–Crippen LogP) is 1.92. The quantitative estimate of drug-likeness (QED) is 0.787. The van der Waals surface area contributed by atoms with E-state index in [9.17, 15) is 0 Å². The highest BCUT2D eigenvalue weighted by Gasteiger charge is 2.17. The van der Waals surface area contributed by atoms with E-state index in [0.29, 0.717) is 19.1 Å². The number of rotatable bonds is 7. The second-order valence-electron chi connectivity index (χ2n) is 4.31. The van der Waals surface area contributed by atoms with Gasteiger partial charge in [0.25, 0.3) is 0 Å². The summed E-state index contributed by atoms with van der Waals surface area (Å²) in [5.74, 6) is 0.348. The zero-order valence-electron chi connectivity index (χ0n) is 11.2. The van der Waals surface area contributed by atoms with Crippen molar-refractivity contribution in [2.45, 2.75) is 26.3 Å². The lowest BCUT2D eigenvalue weighted by Crippen LogP contribution is -2.18. The molecule has 0 saturated carbocycles. The second kappa shape index (κ2) is 6.99. The molecule has 104 valence electrons. The first-order chi connectivity index (χ1) is 9.22. The molecule has 0 bridgehead atoms. The number of nitrogens with one attached hydrogen (secondary N) is 1. The van der Waals surface area contributed by atoms with Gasteiger partial charge in [-0.1, -0.05) is 29.7 Å². The Bertz CT molecular complexity index is 511. The topological polar surface area (TPSA) is 72.8 Å². The van der Waals surface area contributed by atoms with Crippen molar-refractivity contribution in [3.8, 4) is 9.88 Å². The van der Waals surface area contributed by atoms with E-state index in [1.165, 1.54) is 11.5 Å². The molecule has 2 aromatic rings. The lowest BCUT2D eigenvalue weighted by atomic mass is 10.1. The van der Waals surface area contributed by atoms with Crippen LogP contribution in [0.1, 0.15) is 30.5 Å². The SMILES string of the molecule is COCCNCc1nnc(-c2snnc2C(C)C)s1. The van der Waals surface area contributed by atoms with Crippen LogP contribution in [0.4, 0.5) is 0 Å². The largest absolute Gasteiger partial charge is 0.383 e. The number of methoxy groups -OCH3 is 1. The molecule has 2 rings (SSSR count). The monoisotopic (exact) mass is 299 g/mol. The Hall–Kier alpha value is -0.960. The molecule has 0 amide bonds. The van der Waals surface area contributed by atoms with Crippen molar-refractivity contribution in [1.29, 1.82) is 0 Å². The van der Waals surface area contributed by atoms with Crippen molar-refractivity contribution in [2.24, 2.45) is 0 Å². The zero-order valence-corrected chi connectivity index (χ0v) is 12.8. The summed E-state index contributed by atoms with van der Waals surface area (Å²) in [6.45, 7) is 6.43. The molecule has 0 fully saturated rings. The van der Waals surface area contributed by atoms with E-state index >= 15 is 0 Å². The molecule has 2 heterocycles. The first-order valence-corrected chi connectivity index (χ1v) is 7.66. The summed E-state index contributed by atoms with van der Waals surface area (Å²) in [7, 11) is 1.69. The summed E-state index contributed by atoms with van der Waals surface area (Å²) in [5.41, 5.74) is 1.00. The van der Waals surface area contributed by atoms with Crippen LogP contribution in [0, 0.1) is 0 Å². The molecule has 0 aromatic carbocycles. The number of ether oxygens (including phenoxy) is 1. The minimum atomic E-state index is 0.348. The van der Waals surface area contributed by atoms with Gasteiger partial charge in [0.1, 0.15) is 9.88 Å². The van der Waals surface area contributed by atoms with Crippen molar-refractivity contribution in [2.75, 3.05) is 20.3 Å². The summed E-state index contributed by atoms with van der Waals surface area (Å²) in [4.78, 5) is 1.04. The van der Waals surface area contributed by atoms with E-state index in [-0.39, 0.29) is 0 Å². The molecule has 8 heteroatoms. The first-order valence-electron chi connectivity index (χ1n) is 6.07. The number of aromatic nitrogens is 4. The fourth-order valence-electron chi connectivity index (χ4n) is 1.51. The number of hydrogen-bond acceptors (Lipinski definition) is 8. The summed E-state index contributed by atoms with van der Waals surface area (Å²) >= 11 is 2.97. The lowest BCUT2D eigenvalue weighted by Gasteiger charge is -2.00. The van der Waals surface area contributed by atoms with Gasteiger partial charge in [0.05, 0.1) is 12.3 Å². The molecule has 2 aromatic heterocycles. The Balaban J connectivity index is 2.02. The fraction of sp³-hybridized carbons (Fsp3) is 0.636. The average molecular weight is 299 g/mol. The van der Waals surface area contributed by atoms with Crippen LogP contribution >= 0.6 is 22.9 Å². The molecule has 0 aliphatic rings. The molecule has 6 nitrogen and oxygen atoms in total. The highest BCUT2D eigenvalue weighted by atomic mass is 32.1. The van der Waals surface area contributed by atoms with Crippen molar-refractivity contribution < 1.29 is 4.74 Å². The van der Waals surface area contributed by atoms with E-state index in [2.05, 4.69) is 38.9 Å². The Morgan fingerprint density at radius 3 is 2.84 bits per heavy atom. The summed E-state index contributed by atoms with van der Waals surface area (Å²) in [6, 6.07) is 0. The van der Waals surface area contributed by atoms with Gasteiger partial charge in [0.2, 0.25) is 0 Å². The van der Waals surface area contributed by atoms with E-state index in [0.717, 1.165) is 27.1 Å². The van der Waals surface area contributed by atoms with Crippen LogP contribution in [0.15, 0.2) is 0 Å². The van der Waals surface area contributed by atoms with Crippen LogP contribution in [0.5, 0.6) is 0 Å². The first kappa shape index (κ1) is 14.4. The molecule has 0 spiro atoms. The van der Waals surface area contributed by atoms with Crippen LogP contribution in [0.25, 0.3) is 9.88 Å². The summed E-state index contributed by atoms with van der Waals surface area (Å²) in [6.07, 6.45) is 0. The van der Waals surface area contributed by atoms with Crippen LogP contribution in [-0.4, -0.2) is 40.0 Å². The van der Waals surface area contributed by atoms with Crippen LogP contribution in [0.3, 0.4) is 0 Å². The number of nitrogens with zero attached hydrogens (tertiary/aromatic N) is 4. The summed E-state index contributed by atoms with van der Waals surface area (Å²) < 4.78 is 8.99. The van der Waals surface area contributed by atoms with Gasteiger partial charge >= 0.3 is 0 Å². The van der Waals surface area contributed by atoms with Gasteiger partial charge in [0.15, 0.2) is 5.01 Å². The molecule has 1 N–H and O–H groups in total. The van der Waals surface area contributed by atoms with Gasteiger partial charge in [-0.3, -0.25) is 0 Å². The summed E-state index contributed by atoms with van der Waals surface area (Å²) in [5, 5.41) is 17.7. The van der Waals surface area contributed by atoms with Gasteiger partial charge in [-0.25, -0.2) is 0 Å². The molecular formula is C11H17N5OS2. The third kappa shape index (κ3) is 3.75. The normalized spacial score (nSPS) is 11.4. The third-order valence-electron chi connectivity index (χ3n) is 2.48. The van der Waals surface area contributed by atoms with Gasteiger partial charge in [0, 0.05) is 20.2 Å². The minimum absolute atomic E-state index is 0.348. The van der Waals surface area contributed by atoms with Crippen molar-refractivity contribution >= 4 is 22.9 Å². The van der Waals surface area contributed by atoms with Gasteiger partial charge in [-0.15, -0.1) is 15.3 Å². The Morgan fingerprint density at radius 2 is 2.11 bits per heavy atom. The molecule has 0 aliphatic heterocycles. The molecule has 0 saturated heterocycles. The zero-order chi connectivity index (χ0) is 13.7. The Morgan fingerprint density at radius 1 is 1.26 bits per heavy atom. The third-order valence-corrected chi connectivity index (χ3v) is 4.30. The van der Waals surface area contributed by atoms with E-state index in [1.54, 1.807) is 18.4 Å². The highest BCUT2D eigenvalue weighted by molar-refractivity contribution is 7.19. The van der Waals surface area contributed by atoms with E-state index < -0.39 is 0 Å². The fourth-order valence-corrected chi connectivity index (χ4v) is 3.20. The minimum Gasteiger partial charge on any atom is -0.383 e. The van der Waals surface area contributed by atoms with Crippen LogP contribution in [0.2, 0.25) is 0 Å². The second-order valence-corrected chi connectivity index (χ2v) is 6.13. The van der Waals surface area contributed by atoms with Gasteiger partial charge < -0.3 is 10.1 Å². The molecule has 0 aliphatic carbocycles. The van der Waals surface area contributed by atoms with Crippen LogP contribution in [-0.2, 0) is 11.3 Å². The molecule has 0 unspecified atom stereocenters. The van der Waals surface area contributed by atoms with Crippen molar-refractivity contribution in [3.63, 3.8) is 0 Å². The molecule has 0 radical (unpaired) electrons. The Kier molecular flexibility index (Phi) is 5.32. The average Bonchev–Trinajstić information content (AvgIpc) is 3.02. The van der Waals surface area contributed by atoms with E-state index in [1.807, 2.05) is 0 Å². The lowest BCUT2D eigenvalue weighted by molar-refractivity contribution is 0.199.